The third-order valence-electron chi connectivity index (χ3n) is 12.3. The maximum Gasteiger partial charge on any atom is 0.311 e. The summed E-state index contributed by atoms with van der Waals surface area (Å²) >= 11 is 0. The Bertz CT molecular complexity index is 869. The van der Waals surface area contributed by atoms with Crippen LogP contribution in [-0.4, -0.2) is 50.2 Å². The number of carbonyl (C=O) groups is 2. The van der Waals surface area contributed by atoms with E-state index in [1.165, 1.54) is 38.5 Å². The molecule has 188 valence electrons. The van der Waals surface area contributed by atoms with Crippen LogP contribution in [-0.2, 0) is 19.1 Å². The van der Waals surface area contributed by atoms with Crippen molar-refractivity contribution in [3.8, 4) is 0 Å². The monoisotopic (exact) mass is 469 g/mol. The summed E-state index contributed by atoms with van der Waals surface area (Å²) in [6, 6.07) is 0.267. The molecule has 1 aliphatic heterocycles. The fourth-order valence-electron chi connectivity index (χ4n) is 12.2. The summed E-state index contributed by atoms with van der Waals surface area (Å²) in [7, 11) is 3.36. The summed E-state index contributed by atoms with van der Waals surface area (Å²) in [6.07, 6.45) is 16.6. The molecule has 9 aliphatic rings. The normalized spacial score (nSPS) is 52.4. The van der Waals surface area contributed by atoms with Gasteiger partial charge in [-0.15, -0.1) is 0 Å². The molecule has 0 aromatic carbocycles. The number of methoxy groups -OCH3 is 2. The van der Waals surface area contributed by atoms with Crippen LogP contribution in [0.3, 0.4) is 0 Å². The van der Waals surface area contributed by atoms with E-state index < -0.39 is 0 Å². The number of carbonyl (C=O) groups excluding carboxylic acids is 2. The maximum atomic E-state index is 14.4. The molecule has 1 heterocycles. The number of hydrogen-bond donors (Lipinski definition) is 0. The molecule has 34 heavy (non-hydrogen) atoms. The third kappa shape index (κ3) is 2.82. The fraction of sp³-hybridized carbons (Fsp3) is 0.931. The Hall–Kier alpha value is -1.10. The van der Waals surface area contributed by atoms with Gasteiger partial charge in [0.2, 0.25) is 5.91 Å². The fourth-order valence-corrected chi connectivity index (χ4v) is 12.2. The minimum atomic E-state index is -0.238. The van der Waals surface area contributed by atoms with Gasteiger partial charge < -0.3 is 14.4 Å². The second-order valence-electron chi connectivity index (χ2n) is 14.3. The average Bonchev–Trinajstić information content (AvgIpc) is 3.24. The van der Waals surface area contributed by atoms with E-state index >= 15 is 0 Å². The van der Waals surface area contributed by atoms with Crippen LogP contribution in [0.5, 0.6) is 0 Å². The molecule has 0 N–H and O–H groups in total. The highest BCUT2D eigenvalue weighted by molar-refractivity contribution is 5.84. The van der Waals surface area contributed by atoms with Gasteiger partial charge in [0.1, 0.15) is 0 Å². The summed E-state index contributed by atoms with van der Waals surface area (Å²) in [4.78, 5) is 29.8. The molecule has 1 amide bonds. The first-order valence-electron chi connectivity index (χ1n) is 14.2. The topological polar surface area (TPSA) is 55.8 Å². The van der Waals surface area contributed by atoms with Crippen molar-refractivity contribution in [2.24, 2.45) is 45.3 Å². The van der Waals surface area contributed by atoms with Crippen molar-refractivity contribution >= 4 is 11.9 Å². The molecule has 5 nitrogen and oxygen atoms in total. The molecule has 5 unspecified atom stereocenters. The lowest BCUT2D eigenvalue weighted by Crippen LogP contribution is -2.67. The Labute approximate surface area is 204 Å². The molecule has 9 rings (SSSR count). The van der Waals surface area contributed by atoms with Gasteiger partial charge in [-0.25, -0.2) is 0 Å². The number of rotatable bonds is 5. The molecule has 0 spiro atoms. The van der Waals surface area contributed by atoms with E-state index in [-0.39, 0.29) is 33.7 Å². The Morgan fingerprint density at radius 1 is 0.794 bits per heavy atom. The quantitative estimate of drug-likeness (QED) is 0.534. The first kappa shape index (κ1) is 22.1. The molecule has 0 radical (unpaired) electrons. The van der Waals surface area contributed by atoms with Crippen molar-refractivity contribution in [1.82, 2.24) is 4.90 Å². The van der Waals surface area contributed by atoms with Gasteiger partial charge in [0.15, 0.2) is 0 Å². The summed E-state index contributed by atoms with van der Waals surface area (Å²) in [5, 5.41) is 0. The molecule has 5 heteroatoms. The van der Waals surface area contributed by atoms with Crippen molar-refractivity contribution < 1.29 is 19.1 Å². The van der Waals surface area contributed by atoms with E-state index in [1.807, 2.05) is 0 Å². The largest absolute Gasteiger partial charge is 0.469 e. The maximum absolute atomic E-state index is 14.4. The van der Waals surface area contributed by atoms with Gasteiger partial charge in [-0.3, -0.25) is 9.59 Å². The number of esters is 1. The lowest BCUT2D eigenvalue weighted by Gasteiger charge is -2.73. The Balaban J connectivity index is 1.25. The van der Waals surface area contributed by atoms with Crippen LogP contribution in [0.2, 0.25) is 0 Å². The zero-order valence-electron chi connectivity index (χ0n) is 21.3. The zero-order valence-corrected chi connectivity index (χ0v) is 21.3. The molecular weight excluding hydrogens is 426 g/mol. The number of amides is 1. The molecular formula is C29H43NO4. The second kappa shape index (κ2) is 7.23. The first-order valence-corrected chi connectivity index (χ1v) is 14.2. The van der Waals surface area contributed by atoms with Gasteiger partial charge in [-0.05, 0) is 124 Å². The molecule has 1 saturated heterocycles. The molecule has 8 bridgehead atoms. The molecule has 5 atom stereocenters. The molecule has 0 aromatic heterocycles. The Morgan fingerprint density at radius 2 is 1.32 bits per heavy atom. The molecule has 8 saturated carbocycles. The van der Waals surface area contributed by atoms with Gasteiger partial charge in [0, 0.05) is 13.7 Å². The van der Waals surface area contributed by atoms with Gasteiger partial charge in [-0.1, -0.05) is 0 Å². The predicted molar refractivity (Wildman–Crippen MR) is 128 cm³/mol. The van der Waals surface area contributed by atoms with Gasteiger partial charge >= 0.3 is 5.97 Å². The summed E-state index contributed by atoms with van der Waals surface area (Å²) < 4.78 is 11.0. The summed E-state index contributed by atoms with van der Waals surface area (Å²) in [6.45, 7) is 1.59. The van der Waals surface area contributed by atoms with Crippen LogP contribution in [0, 0.1) is 45.3 Å². The highest BCUT2D eigenvalue weighted by Crippen LogP contribution is 2.78. The number of hydrogen-bond acceptors (Lipinski definition) is 4. The van der Waals surface area contributed by atoms with E-state index in [9.17, 15) is 9.59 Å². The van der Waals surface area contributed by atoms with Crippen LogP contribution >= 0.6 is 0 Å². The second-order valence-corrected chi connectivity index (χ2v) is 14.3. The highest BCUT2D eigenvalue weighted by atomic mass is 16.5. The molecule has 9 fully saturated rings. The van der Waals surface area contributed by atoms with Gasteiger partial charge in [0.05, 0.1) is 30.6 Å². The Morgan fingerprint density at radius 3 is 1.85 bits per heavy atom. The van der Waals surface area contributed by atoms with E-state index in [0.717, 1.165) is 57.9 Å². The average molecular weight is 470 g/mol. The van der Waals surface area contributed by atoms with Crippen LogP contribution in [0.15, 0.2) is 0 Å². The van der Waals surface area contributed by atoms with Crippen LogP contribution in [0.25, 0.3) is 0 Å². The number of likely N-dealkylation sites (tertiary alicyclic amines) is 1. The standard InChI is InChI=1S/C29H43NO4/c1-33-16-23-4-3-5-30(23)24(31)26-8-19-6-20(9-26)13-28(12-19,17-26)29-14-21-7-22(15-29)11-27(10-21,18-29)25(32)34-2/h19-23H,3-18H2,1-2H3. The van der Waals surface area contributed by atoms with Crippen molar-refractivity contribution in [1.29, 1.82) is 0 Å². The van der Waals surface area contributed by atoms with E-state index in [0.29, 0.717) is 36.2 Å². The predicted octanol–water partition coefficient (Wildman–Crippen LogP) is 4.97. The SMILES string of the molecule is COCC1CCCN1C(=O)C12CC3CC(C1)CC(C14CC5CC(CC(C(=O)OC)(C5)C1)C4)(C3)C2. The van der Waals surface area contributed by atoms with E-state index in [4.69, 9.17) is 9.47 Å². The first-order chi connectivity index (χ1) is 16.3. The molecule has 0 aromatic rings. The minimum absolute atomic E-state index is 0.0703. The van der Waals surface area contributed by atoms with Crippen molar-refractivity contribution in [2.75, 3.05) is 27.4 Å². The van der Waals surface area contributed by atoms with E-state index in [1.54, 1.807) is 14.2 Å². The third-order valence-corrected chi connectivity index (χ3v) is 12.3. The van der Waals surface area contributed by atoms with E-state index in [2.05, 4.69) is 4.90 Å². The van der Waals surface area contributed by atoms with Gasteiger partial charge in [-0.2, -0.15) is 0 Å². The lowest BCUT2D eigenvalue weighted by atomic mass is 9.31. The Kier molecular flexibility index (Phi) is 4.71. The zero-order chi connectivity index (χ0) is 23.3. The number of nitrogens with zero attached hydrogens (tertiary/aromatic N) is 1. The van der Waals surface area contributed by atoms with Crippen LogP contribution < -0.4 is 0 Å². The lowest BCUT2D eigenvalue weighted by molar-refractivity contribution is -0.241. The minimum Gasteiger partial charge on any atom is -0.469 e. The van der Waals surface area contributed by atoms with Crippen molar-refractivity contribution in [3.05, 3.63) is 0 Å². The summed E-state index contributed by atoms with van der Waals surface area (Å²) in [5.74, 6) is 3.32. The van der Waals surface area contributed by atoms with Crippen LogP contribution in [0.1, 0.15) is 89.9 Å². The van der Waals surface area contributed by atoms with Crippen molar-refractivity contribution in [2.45, 2.75) is 95.9 Å². The van der Waals surface area contributed by atoms with Crippen LogP contribution in [0.4, 0.5) is 0 Å². The number of ether oxygens (including phenoxy) is 2. The van der Waals surface area contributed by atoms with Gasteiger partial charge in [0.25, 0.3) is 0 Å². The highest BCUT2D eigenvalue weighted by Gasteiger charge is 2.72. The smallest absolute Gasteiger partial charge is 0.311 e. The molecule has 8 aliphatic carbocycles. The van der Waals surface area contributed by atoms with Crippen molar-refractivity contribution in [3.63, 3.8) is 0 Å². The summed E-state index contributed by atoms with van der Waals surface area (Å²) in [5.41, 5.74) is 0.131.